The highest BCUT2D eigenvalue weighted by molar-refractivity contribution is 4.95. The molecule has 1 heterocycles. The van der Waals surface area contributed by atoms with Gasteiger partial charge in [-0.15, -0.1) is 0 Å². The van der Waals surface area contributed by atoms with Crippen molar-refractivity contribution in [2.24, 2.45) is 17.8 Å². The number of nitrogens with one attached hydrogen (secondary N) is 1. The van der Waals surface area contributed by atoms with Gasteiger partial charge in [-0.05, 0) is 69.2 Å². The molecule has 1 saturated heterocycles. The van der Waals surface area contributed by atoms with Crippen molar-refractivity contribution < 1.29 is 4.74 Å². The smallest absolute Gasteiger partial charge is 0.0697 e. The SMILES string of the molecule is C1CCC2(C1)CC(NCC1CC3CCC1C3)CCO2. The Bertz CT molecular complexity index is 323. The minimum atomic E-state index is 0.282. The van der Waals surface area contributed by atoms with Crippen LogP contribution >= 0.6 is 0 Å². The Labute approximate surface area is 117 Å². The summed E-state index contributed by atoms with van der Waals surface area (Å²) in [4.78, 5) is 0. The fourth-order valence-corrected chi connectivity index (χ4v) is 5.51. The predicted molar refractivity (Wildman–Crippen MR) is 77.1 cm³/mol. The van der Waals surface area contributed by atoms with Crippen molar-refractivity contribution in [2.45, 2.75) is 75.9 Å². The molecule has 1 aliphatic heterocycles. The first kappa shape index (κ1) is 12.6. The van der Waals surface area contributed by atoms with E-state index in [-0.39, 0.29) is 5.60 Å². The molecule has 2 bridgehead atoms. The summed E-state index contributed by atoms with van der Waals surface area (Å²) in [5.41, 5.74) is 0.282. The molecule has 0 radical (unpaired) electrons. The predicted octanol–water partition coefficient (Wildman–Crippen LogP) is 3.50. The minimum Gasteiger partial charge on any atom is -0.375 e. The molecule has 4 atom stereocenters. The van der Waals surface area contributed by atoms with Crippen LogP contribution in [-0.2, 0) is 4.74 Å². The summed E-state index contributed by atoms with van der Waals surface area (Å²) < 4.78 is 6.14. The maximum absolute atomic E-state index is 6.14. The normalized spacial score (nSPS) is 44.2. The lowest BCUT2D eigenvalue weighted by atomic mass is 9.86. The summed E-state index contributed by atoms with van der Waals surface area (Å²) >= 11 is 0. The zero-order valence-electron chi connectivity index (χ0n) is 12.2. The fourth-order valence-electron chi connectivity index (χ4n) is 5.51. The molecular weight excluding hydrogens is 234 g/mol. The molecule has 0 aromatic rings. The topological polar surface area (TPSA) is 21.3 Å². The van der Waals surface area contributed by atoms with Gasteiger partial charge in [0.15, 0.2) is 0 Å². The van der Waals surface area contributed by atoms with Crippen LogP contribution in [0.4, 0.5) is 0 Å². The van der Waals surface area contributed by atoms with Crippen molar-refractivity contribution in [3.63, 3.8) is 0 Å². The lowest BCUT2D eigenvalue weighted by Gasteiger charge is -2.39. The van der Waals surface area contributed by atoms with Gasteiger partial charge in [-0.1, -0.05) is 19.3 Å². The second-order valence-electron chi connectivity index (χ2n) is 7.77. The van der Waals surface area contributed by atoms with E-state index >= 15 is 0 Å². The van der Waals surface area contributed by atoms with Crippen molar-refractivity contribution in [2.75, 3.05) is 13.2 Å². The molecule has 0 aromatic heterocycles. The van der Waals surface area contributed by atoms with Gasteiger partial charge in [0.25, 0.3) is 0 Å². The average molecular weight is 263 g/mol. The van der Waals surface area contributed by atoms with Gasteiger partial charge >= 0.3 is 0 Å². The van der Waals surface area contributed by atoms with E-state index < -0.39 is 0 Å². The number of fused-ring (bicyclic) bond motifs is 2. The molecule has 1 spiro atoms. The van der Waals surface area contributed by atoms with Crippen molar-refractivity contribution in [1.82, 2.24) is 5.32 Å². The summed E-state index contributed by atoms with van der Waals surface area (Å²) in [5.74, 6) is 3.16. The van der Waals surface area contributed by atoms with Gasteiger partial charge in [-0.2, -0.15) is 0 Å². The van der Waals surface area contributed by atoms with Crippen LogP contribution in [0.3, 0.4) is 0 Å². The van der Waals surface area contributed by atoms with Gasteiger partial charge in [-0.3, -0.25) is 0 Å². The van der Waals surface area contributed by atoms with E-state index in [1.54, 1.807) is 6.42 Å². The van der Waals surface area contributed by atoms with Gasteiger partial charge in [0.05, 0.1) is 5.60 Å². The quantitative estimate of drug-likeness (QED) is 0.841. The molecule has 1 N–H and O–H groups in total. The van der Waals surface area contributed by atoms with Gasteiger partial charge in [0.2, 0.25) is 0 Å². The van der Waals surface area contributed by atoms with Crippen LogP contribution in [0.2, 0.25) is 0 Å². The molecule has 108 valence electrons. The maximum Gasteiger partial charge on any atom is 0.0697 e. The van der Waals surface area contributed by atoms with Crippen molar-refractivity contribution >= 4 is 0 Å². The molecule has 0 amide bonds. The Morgan fingerprint density at radius 2 is 1.95 bits per heavy atom. The number of rotatable bonds is 3. The Morgan fingerprint density at radius 1 is 1.05 bits per heavy atom. The van der Waals surface area contributed by atoms with Crippen LogP contribution in [0.25, 0.3) is 0 Å². The Balaban J connectivity index is 1.28. The van der Waals surface area contributed by atoms with E-state index in [2.05, 4.69) is 5.32 Å². The Morgan fingerprint density at radius 3 is 2.68 bits per heavy atom. The molecule has 19 heavy (non-hydrogen) atoms. The molecule has 0 aromatic carbocycles. The minimum absolute atomic E-state index is 0.282. The summed E-state index contributed by atoms with van der Waals surface area (Å²) in [6, 6.07) is 0.742. The lowest BCUT2D eigenvalue weighted by molar-refractivity contribution is -0.0840. The number of hydrogen-bond acceptors (Lipinski definition) is 2. The number of hydrogen-bond donors (Lipinski definition) is 1. The third kappa shape index (κ3) is 2.47. The van der Waals surface area contributed by atoms with E-state index in [0.29, 0.717) is 0 Å². The molecular formula is C17H29NO. The zero-order valence-corrected chi connectivity index (χ0v) is 12.2. The Kier molecular flexibility index (Phi) is 3.35. The first-order chi connectivity index (χ1) is 9.33. The maximum atomic E-state index is 6.14. The van der Waals surface area contributed by atoms with Crippen LogP contribution < -0.4 is 5.32 Å². The molecule has 4 fully saturated rings. The highest BCUT2D eigenvalue weighted by Gasteiger charge is 2.42. The summed E-state index contributed by atoms with van der Waals surface area (Å²) in [6.07, 6.45) is 14.1. The molecule has 4 aliphatic rings. The van der Waals surface area contributed by atoms with Gasteiger partial charge in [-0.25, -0.2) is 0 Å². The summed E-state index contributed by atoms with van der Waals surface area (Å²) in [5, 5.41) is 3.92. The highest BCUT2D eigenvalue weighted by Crippen LogP contribution is 2.48. The standard InChI is InChI=1S/C17H29NO/c1-2-7-17(6-1)11-16(5-8-19-17)18-12-15-10-13-3-4-14(15)9-13/h13-16,18H,1-12H2. The molecule has 2 heteroatoms. The third-order valence-electron chi connectivity index (χ3n) is 6.56. The van der Waals surface area contributed by atoms with Gasteiger partial charge < -0.3 is 10.1 Å². The van der Waals surface area contributed by atoms with Crippen molar-refractivity contribution in [1.29, 1.82) is 0 Å². The van der Waals surface area contributed by atoms with Crippen LogP contribution in [0.5, 0.6) is 0 Å². The molecule has 4 unspecified atom stereocenters. The van der Waals surface area contributed by atoms with Crippen LogP contribution in [-0.4, -0.2) is 24.8 Å². The van der Waals surface area contributed by atoms with Crippen molar-refractivity contribution in [3.8, 4) is 0 Å². The largest absolute Gasteiger partial charge is 0.375 e. The lowest BCUT2D eigenvalue weighted by Crippen LogP contribution is -2.47. The fraction of sp³-hybridized carbons (Fsp3) is 1.00. The first-order valence-corrected chi connectivity index (χ1v) is 8.70. The summed E-state index contributed by atoms with van der Waals surface area (Å²) in [6.45, 7) is 2.29. The monoisotopic (exact) mass is 263 g/mol. The molecule has 3 saturated carbocycles. The zero-order chi connectivity index (χ0) is 12.7. The van der Waals surface area contributed by atoms with E-state index in [1.165, 1.54) is 64.3 Å². The molecule has 3 aliphatic carbocycles. The number of ether oxygens (including phenoxy) is 1. The molecule has 2 nitrogen and oxygen atoms in total. The first-order valence-electron chi connectivity index (χ1n) is 8.70. The van der Waals surface area contributed by atoms with Crippen LogP contribution in [0.1, 0.15) is 64.2 Å². The van der Waals surface area contributed by atoms with E-state index in [9.17, 15) is 0 Å². The van der Waals surface area contributed by atoms with Gasteiger partial charge in [0.1, 0.15) is 0 Å². The summed E-state index contributed by atoms with van der Waals surface area (Å²) in [7, 11) is 0. The van der Waals surface area contributed by atoms with E-state index in [4.69, 9.17) is 4.74 Å². The average Bonchev–Trinajstić information content (AvgIpc) is 3.13. The molecule has 4 rings (SSSR count). The van der Waals surface area contributed by atoms with Crippen LogP contribution in [0.15, 0.2) is 0 Å². The highest BCUT2D eigenvalue weighted by atomic mass is 16.5. The van der Waals surface area contributed by atoms with Crippen molar-refractivity contribution in [3.05, 3.63) is 0 Å². The van der Waals surface area contributed by atoms with Gasteiger partial charge in [0, 0.05) is 12.6 Å². The second kappa shape index (κ2) is 5.04. The second-order valence-corrected chi connectivity index (χ2v) is 7.77. The third-order valence-corrected chi connectivity index (χ3v) is 6.56. The van der Waals surface area contributed by atoms with E-state index in [0.717, 1.165) is 30.4 Å². The van der Waals surface area contributed by atoms with Crippen LogP contribution in [0, 0.1) is 17.8 Å². The van der Waals surface area contributed by atoms with E-state index in [1.807, 2.05) is 0 Å². The Hall–Kier alpha value is -0.0800.